The second-order valence-electron chi connectivity index (χ2n) is 5.10. The van der Waals surface area contributed by atoms with E-state index in [9.17, 15) is 0 Å². The molecule has 1 aromatic rings. The Balaban J connectivity index is 1.87. The van der Waals surface area contributed by atoms with Crippen molar-refractivity contribution >= 4 is 0 Å². The lowest BCUT2D eigenvalue weighted by molar-refractivity contribution is 0.270. The third-order valence-electron chi connectivity index (χ3n) is 3.55. The molecule has 1 atom stereocenters. The first kappa shape index (κ1) is 11.7. The summed E-state index contributed by atoms with van der Waals surface area (Å²) in [6.45, 7) is 8.46. The minimum absolute atomic E-state index is 0.495. The number of hydrogen-bond acceptors (Lipinski definition) is 3. The summed E-state index contributed by atoms with van der Waals surface area (Å²) in [4.78, 5) is 2.48. The average molecular weight is 222 g/mol. The standard InChI is InChI=1S/C13H22N2O/c1-10(2)11-5-6-15(8-11)9-13-4-3-12(7-14)16-13/h3-4,10-11H,5-9,14H2,1-2H3. The van der Waals surface area contributed by atoms with Crippen LogP contribution in [0.2, 0.25) is 0 Å². The summed E-state index contributed by atoms with van der Waals surface area (Å²) in [6.07, 6.45) is 1.32. The molecule has 0 spiro atoms. The second kappa shape index (κ2) is 5.02. The number of hydrogen-bond donors (Lipinski definition) is 1. The van der Waals surface area contributed by atoms with E-state index in [2.05, 4.69) is 18.7 Å². The summed E-state index contributed by atoms with van der Waals surface area (Å²) in [5, 5.41) is 0. The van der Waals surface area contributed by atoms with E-state index < -0.39 is 0 Å². The summed E-state index contributed by atoms with van der Waals surface area (Å²) in [6, 6.07) is 4.02. The zero-order chi connectivity index (χ0) is 11.5. The topological polar surface area (TPSA) is 42.4 Å². The van der Waals surface area contributed by atoms with Gasteiger partial charge in [-0.25, -0.2) is 0 Å². The van der Waals surface area contributed by atoms with Crippen molar-refractivity contribution < 1.29 is 4.42 Å². The molecule has 2 rings (SSSR count). The fourth-order valence-corrected chi connectivity index (χ4v) is 2.39. The van der Waals surface area contributed by atoms with E-state index in [1.807, 2.05) is 12.1 Å². The van der Waals surface area contributed by atoms with Crippen LogP contribution in [0.5, 0.6) is 0 Å². The molecule has 1 fully saturated rings. The summed E-state index contributed by atoms with van der Waals surface area (Å²) in [5.74, 6) is 3.57. The first-order valence-corrected chi connectivity index (χ1v) is 6.19. The van der Waals surface area contributed by atoms with Gasteiger partial charge in [-0.1, -0.05) is 13.8 Å². The smallest absolute Gasteiger partial charge is 0.118 e. The van der Waals surface area contributed by atoms with E-state index in [1.165, 1.54) is 19.5 Å². The second-order valence-corrected chi connectivity index (χ2v) is 5.10. The fraction of sp³-hybridized carbons (Fsp3) is 0.692. The van der Waals surface area contributed by atoms with Gasteiger partial charge in [0.15, 0.2) is 0 Å². The third kappa shape index (κ3) is 2.66. The highest BCUT2D eigenvalue weighted by molar-refractivity contribution is 5.07. The first-order chi connectivity index (χ1) is 7.69. The number of nitrogens with zero attached hydrogens (tertiary/aromatic N) is 1. The SMILES string of the molecule is CC(C)C1CCN(Cc2ccc(CN)o2)C1. The number of likely N-dealkylation sites (tertiary alicyclic amines) is 1. The maximum atomic E-state index is 5.62. The van der Waals surface area contributed by atoms with Crippen molar-refractivity contribution in [3.05, 3.63) is 23.7 Å². The third-order valence-corrected chi connectivity index (χ3v) is 3.55. The normalized spacial score (nSPS) is 22.1. The molecule has 16 heavy (non-hydrogen) atoms. The zero-order valence-electron chi connectivity index (χ0n) is 10.3. The quantitative estimate of drug-likeness (QED) is 0.849. The van der Waals surface area contributed by atoms with Crippen molar-refractivity contribution in [2.75, 3.05) is 13.1 Å². The van der Waals surface area contributed by atoms with Gasteiger partial charge >= 0.3 is 0 Å². The van der Waals surface area contributed by atoms with Crippen LogP contribution < -0.4 is 5.73 Å². The minimum atomic E-state index is 0.495. The summed E-state index contributed by atoms with van der Waals surface area (Å²) in [5.41, 5.74) is 5.53. The van der Waals surface area contributed by atoms with Crippen LogP contribution in [0.15, 0.2) is 16.5 Å². The predicted molar refractivity (Wildman–Crippen MR) is 64.8 cm³/mol. The molecular weight excluding hydrogens is 200 g/mol. The molecule has 0 amide bonds. The Morgan fingerprint density at radius 2 is 2.19 bits per heavy atom. The van der Waals surface area contributed by atoms with Crippen LogP contribution in [-0.4, -0.2) is 18.0 Å². The molecule has 3 heteroatoms. The van der Waals surface area contributed by atoms with Crippen LogP contribution >= 0.6 is 0 Å². The monoisotopic (exact) mass is 222 g/mol. The van der Waals surface area contributed by atoms with E-state index in [-0.39, 0.29) is 0 Å². The van der Waals surface area contributed by atoms with Crippen LogP contribution in [0, 0.1) is 11.8 Å². The van der Waals surface area contributed by atoms with Gasteiger partial charge in [-0.3, -0.25) is 4.90 Å². The summed E-state index contributed by atoms with van der Waals surface area (Å²) < 4.78 is 5.62. The van der Waals surface area contributed by atoms with E-state index in [4.69, 9.17) is 10.2 Å². The number of furan rings is 1. The van der Waals surface area contributed by atoms with E-state index in [1.54, 1.807) is 0 Å². The first-order valence-electron chi connectivity index (χ1n) is 6.19. The zero-order valence-corrected chi connectivity index (χ0v) is 10.3. The van der Waals surface area contributed by atoms with Gasteiger partial charge in [0, 0.05) is 6.54 Å². The molecule has 0 bridgehead atoms. The lowest BCUT2D eigenvalue weighted by Gasteiger charge is -2.16. The van der Waals surface area contributed by atoms with Crippen LogP contribution in [0.4, 0.5) is 0 Å². The van der Waals surface area contributed by atoms with Crippen LogP contribution in [0.3, 0.4) is 0 Å². The van der Waals surface area contributed by atoms with Crippen molar-refractivity contribution in [2.24, 2.45) is 17.6 Å². The summed E-state index contributed by atoms with van der Waals surface area (Å²) in [7, 11) is 0. The van der Waals surface area contributed by atoms with Gasteiger partial charge in [0.1, 0.15) is 11.5 Å². The Labute approximate surface area is 97.6 Å². The van der Waals surface area contributed by atoms with Gasteiger partial charge in [-0.2, -0.15) is 0 Å². The Bertz CT molecular complexity index is 332. The van der Waals surface area contributed by atoms with Gasteiger partial charge in [0.2, 0.25) is 0 Å². The molecule has 2 N–H and O–H groups in total. The van der Waals surface area contributed by atoms with Crippen LogP contribution in [0.25, 0.3) is 0 Å². The Morgan fingerprint density at radius 3 is 2.75 bits per heavy atom. The van der Waals surface area contributed by atoms with Crippen molar-refractivity contribution in [3.8, 4) is 0 Å². The molecule has 3 nitrogen and oxygen atoms in total. The lowest BCUT2D eigenvalue weighted by atomic mass is 9.95. The molecule has 1 aromatic heterocycles. The fourth-order valence-electron chi connectivity index (χ4n) is 2.39. The molecule has 0 radical (unpaired) electrons. The lowest BCUT2D eigenvalue weighted by Crippen LogP contribution is -2.21. The van der Waals surface area contributed by atoms with Crippen LogP contribution in [-0.2, 0) is 13.1 Å². The van der Waals surface area contributed by atoms with Crippen molar-refractivity contribution in [3.63, 3.8) is 0 Å². The molecular formula is C13H22N2O. The van der Waals surface area contributed by atoms with Gasteiger partial charge in [0.05, 0.1) is 13.1 Å². The molecule has 0 aromatic carbocycles. The molecule has 0 saturated carbocycles. The maximum absolute atomic E-state index is 5.62. The molecule has 1 unspecified atom stereocenters. The molecule has 0 aliphatic carbocycles. The van der Waals surface area contributed by atoms with Gasteiger partial charge < -0.3 is 10.2 Å². The predicted octanol–water partition coefficient (Wildman–Crippen LogP) is 2.22. The number of rotatable bonds is 4. The van der Waals surface area contributed by atoms with Crippen molar-refractivity contribution in [2.45, 2.75) is 33.4 Å². The minimum Gasteiger partial charge on any atom is -0.463 e. The van der Waals surface area contributed by atoms with Crippen molar-refractivity contribution in [1.82, 2.24) is 4.90 Å². The summed E-state index contributed by atoms with van der Waals surface area (Å²) >= 11 is 0. The highest BCUT2D eigenvalue weighted by Crippen LogP contribution is 2.25. The van der Waals surface area contributed by atoms with Gasteiger partial charge in [0.25, 0.3) is 0 Å². The van der Waals surface area contributed by atoms with Crippen molar-refractivity contribution in [1.29, 1.82) is 0 Å². The van der Waals surface area contributed by atoms with Gasteiger partial charge in [-0.05, 0) is 36.9 Å². The van der Waals surface area contributed by atoms with Gasteiger partial charge in [-0.15, -0.1) is 0 Å². The molecule has 2 heterocycles. The molecule has 1 aliphatic rings. The highest BCUT2D eigenvalue weighted by Gasteiger charge is 2.25. The Morgan fingerprint density at radius 1 is 1.44 bits per heavy atom. The molecule has 90 valence electrons. The van der Waals surface area contributed by atoms with E-state index in [0.717, 1.165) is 29.9 Å². The molecule has 1 saturated heterocycles. The molecule has 1 aliphatic heterocycles. The average Bonchev–Trinajstić information content (AvgIpc) is 2.87. The largest absolute Gasteiger partial charge is 0.463 e. The van der Waals surface area contributed by atoms with E-state index >= 15 is 0 Å². The highest BCUT2D eigenvalue weighted by atomic mass is 16.3. The van der Waals surface area contributed by atoms with Crippen LogP contribution in [0.1, 0.15) is 31.8 Å². The number of nitrogens with two attached hydrogens (primary N) is 1. The maximum Gasteiger partial charge on any atom is 0.118 e. The Hall–Kier alpha value is -0.800. The van der Waals surface area contributed by atoms with E-state index in [0.29, 0.717) is 6.54 Å². The Kier molecular flexibility index (Phi) is 3.66.